The van der Waals surface area contributed by atoms with Crippen molar-refractivity contribution in [2.45, 2.75) is 64.5 Å². The van der Waals surface area contributed by atoms with Crippen LogP contribution < -0.4 is 5.32 Å². The predicted molar refractivity (Wildman–Crippen MR) is 69.7 cm³/mol. The molecule has 0 atom stereocenters. The van der Waals surface area contributed by atoms with Crippen LogP contribution in [-0.2, 0) is 0 Å². The molecule has 0 aromatic heterocycles. The summed E-state index contributed by atoms with van der Waals surface area (Å²) in [5, 5.41) is 3.42. The van der Waals surface area contributed by atoms with Crippen LogP contribution in [0, 0.1) is 5.41 Å². The zero-order valence-corrected chi connectivity index (χ0v) is 11.3. The van der Waals surface area contributed by atoms with E-state index in [0.717, 1.165) is 12.1 Å². The quantitative estimate of drug-likeness (QED) is 0.776. The Balaban J connectivity index is 1.78. The van der Waals surface area contributed by atoms with E-state index in [0.29, 0.717) is 5.41 Å². The molecule has 1 aliphatic carbocycles. The van der Waals surface area contributed by atoms with Crippen LogP contribution in [0.25, 0.3) is 0 Å². The Bertz CT molecular complexity index is 207. The lowest BCUT2D eigenvalue weighted by atomic mass is 9.81. The normalized spacial score (nSPS) is 36.2. The maximum absolute atomic E-state index is 3.42. The Kier molecular flexibility index (Phi) is 3.91. The summed E-state index contributed by atoms with van der Waals surface area (Å²) in [6.45, 7) is 7.51. The van der Waals surface area contributed by atoms with Gasteiger partial charge >= 0.3 is 0 Å². The molecule has 2 heteroatoms. The van der Waals surface area contributed by atoms with E-state index in [1.807, 2.05) is 0 Å². The maximum Gasteiger partial charge on any atom is 0.00964 e. The van der Waals surface area contributed by atoms with Crippen molar-refractivity contribution < 1.29 is 0 Å². The van der Waals surface area contributed by atoms with Crippen molar-refractivity contribution in [2.75, 3.05) is 20.1 Å². The monoisotopic (exact) mass is 224 g/mol. The molecule has 2 aliphatic rings. The second kappa shape index (κ2) is 5.05. The van der Waals surface area contributed by atoms with E-state index < -0.39 is 0 Å². The van der Waals surface area contributed by atoms with E-state index in [2.05, 4.69) is 31.1 Å². The lowest BCUT2D eigenvalue weighted by Crippen LogP contribution is -2.46. The zero-order chi connectivity index (χ0) is 11.6. The molecule has 0 amide bonds. The standard InChI is InChI=1S/C14H28N2/c1-14(2)8-10-16(11-9-14)13-6-4-12(15-3)5-7-13/h12-13,15H,4-11H2,1-3H3/t12-,13+. The number of hydrogen-bond donors (Lipinski definition) is 1. The molecule has 1 aliphatic heterocycles. The highest BCUT2D eigenvalue weighted by atomic mass is 15.2. The Morgan fingerprint density at radius 3 is 2.06 bits per heavy atom. The summed E-state index contributed by atoms with van der Waals surface area (Å²) < 4.78 is 0. The second-order valence-corrected chi connectivity index (χ2v) is 6.49. The van der Waals surface area contributed by atoms with Crippen LogP contribution in [0.4, 0.5) is 0 Å². The number of likely N-dealkylation sites (tertiary alicyclic amines) is 1. The van der Waals surface area contributed by atoms with Crippen LogP contribution >= 0.6 is 0 Å². The van der Waals surface area contributed by atoms with Gasteiger partial charge in [0, 0.05) is 12.1 Å². The van der Waals surface area contributed by atoms with Crippen LogP contribution in [0.3, 0.4) is 0 Å². The van der Waals surface area contributed by atoms with Crippen molar-refractivity contribution in [1.82, 2.24) is 10.2 Å². The number of nitrogens with zero attached hydrogens (tertiary/aromatic N) is 1. The van der Waals surface area contributed by atoms with E-state index in [-0.39, 0.29) is 0 Å². The molecule has 0 unspecified atom stereocenters. The highest BCUT2D eigenvalue weighted by molar-refractivity contribution is 4.86. The van der Waals surface area contributed by atoms with Gasteiger partial charge in [-0.1, -0.05) is 13.8 Å². The third-order valence-corrected chi connectivity index (χ3v) is 4.77. The molecule has 0 aromatic rings. The molecular formula is C14H28N2. The molecule has 0 aromatic carbocycles. The molecule has 0 spiro atoms. The number of piperidine rings is 1. The minimum absolute atomic E-state index is 0.596. The SMILES string of the molecule is CN[C@H]1CC[C@@H](N2CCC(C)(C)CC2)CC1. The van der Waals surface area contributed by atoms with Crippen molar-refractivity contribution >= 4 is 0 Å². The number of rotatable bonds is 2. The lowest BCUT2D eigenvalue weighted by Gasteiger charge is -2.43. The van der Waals surface area contributed by atoms with Gasteiger partial charge in [-0.15, -0.1) is 0 Å². The van der Waals surface area contributed by atoms with E-state index in [4.69, 9.17) is 0 Å². The van der Waals surface area contributed by atoms with E-state index in [1.54, 1.807) is 0 Å². The molecule has 1 saturated heterocycles. The van der Waals surface area contributed by atoms with Gasteiger partial charge in [0.15, 0.2) is 0 Å². The van der Waals surface area contributed by atoms with Crippen LogP contribution in [0.2, 0.25) is 0 Å². The fourth-order valence-electron chi connectivity index (χ4n) is 3.22. The first kappa shape index (κ1) is 12.4. The molecule has 1 saturated carbocycles. The molecule has 0 bridgehead atoms. The largest absolute Gasteiger partial charge is 0.317 e. The topological polar surface area (TPSA) is 15.3 Å². The highest BCUT2D eigenvalue weighted by Crippen LogP contribution is 2.33. The van der Waals surface area contributed by atoms with Crippen LogP contribution in [-0.4, -0.2) is 37.1 Å². The first-order valence-corrected chi connectivity index (χ1v) is 7.02. The second-order valence-electron chi connectivity index (χ2n) is 6.49. The Hall–Kier alpha value is -0.0800. The molecule has 1 heterocycles. The van der Waals surface area contributed by atoms with E-state index in [9.17, 15) is 0 Å². The van der Waals surface area contributed by atoms with Crippen LogP contribution in [0.1, 0.15) is 52.4 Å². The summed E-state index contributed by atoms with van der Waals surface area (Å²) in [4.78, 5) is 2.76. The van der Waals surface area contributed by atoms with Gasteiger partial charge in [-0.3, -0.25) is 0 Å². The third kappa shape index (κ3) is 2.98. The summed E-state index contributed by atoms with van der Waals surface area (Å²) in [5.74, 6) is 0. The Labute approximate surface area is 101 Å². The van der Waals surface area contributed by atoms with Crippen molar-refractivity contribution in [3.05, 3.63) is 0 Å². The summed E-state index contributed by atoms with van der Waals surface area (Å²) in [5.41, 5.74) is 0.596. The number of nitrogens with one attached hydrogen (secondary N) is 1. The number of hydrogen-bond acceptors (Lipinski definition) is 2. The maximum atomic E-state index is 3.42. The van der Waals surface area contributed by atoms with Crippen molar-refractivity contribution in [3.63, 3.8) is 0 Å². The minimum atomic E-state index is 0.596. The van der Waals surface area contributed by atoms with Crippen molar-refractivity contribution in [3.8, 4) is 0 Å². The van der Waals surface area contributed by atoms with Gasteiger partial charge in [-0.05, 0) is 64.1 Å². The van der Waals surface area contributed by atoms with Gasteiger partial charge < -0.3 is 10.2 Å². The predicted octanol–water partition coefficient (Wildman–Crippen LogP) is 2.64. The fraction of sp³-hybridized carbons (Fsp3) is 1.00. The fourth-order valence-corrected chi connectivity index (χ4v) is 3.22. The molecule has 16 heavy (non-hydrogen) atoms. The van der Waals surface area contributed by atoms with Gasteiger partial charge in [0.05, 0.1) is 0 Å². The molecule has 2 nitrogen and oxygen atoms in total. The molecule has 94 valence electrons. The van der Waals surface area contributed by atoms with Gasteiger partial charge in [0.2, 0.25) is 0 Å². The van der Waals surface area contributed by atoms with Crippen molar-refractivity contribution in [1.29, 1.82) is 0 Å². The summed E-state index contributed by atoms with van der Waals surface area (Å²) in [6.07, 6.45) is 8.35. The minimum Gasteiger partial charge on any atom is -0.317 e. The Morgan fingerprint density at radius 2 is 1.56 bits per heavy atom. The summed E-state index contributed by atoms with van der Waals surface area (Å²) >= 11 is 0. The third-order valence-electron chi connectivity index (χ3n) is 4.77. The van der Waals surface area contributed by atoms with E-state index in [1.165, 1.54) is 51.6 Å². The molecule has 2 rings (SSSR count). The average Bonchev–Trinajstić information content (AvgIpc) is 2.29. The van der Waals surface area contributed by atoms with Gasteiger partial charge in [-0.25, -0.2) is 0 Å². The van der Waals surface area contributed by atoms with Gasteiger partial charge in [0.25, 0.3) is 0 Å². The molecule has 1 N–H and O–H groups in total. The highest BCUT2D eigenvalue weighted by Gasteiger charge is 2.31. The zero-order valence-electron chi connectivity index (χ0n) is 11.3. The molecular weight excluding hydrogens is 196 g/mol. The van der Waals surface area contributed by atoms with Gasteiger partial charge in [0.1, 0.15) is 0 Å². The Morgan fingerprint density at radius 1 is 1.00 bits per heavy atom. The van der Waals surface area contributed by atoms with Crippen LogP contribution in [0.15, 0.2) is 0 Å². The van der Waals surface area contributed by atoms with E-state index >= 15 is 0 Å². The molecule has 0 radical (unpaired) electrons. The van der Waals surface area contributed by atoms with Crippen LogP contribution in [0.5, 0.6) is 0 Å². The first-order valence-electron chi connectivity index (χ1n) is 7.02. The smallest absolute Gasteiger partial charge is 0.00964 e. The summed E-state index contributed by atoms with van der Waals surface area (Å²) in [7, 11) is 2.11. The molecule has 2 fully saturated rings. The average molecular weight is 224 g/mol. The van der Waals surface area contributed by atoms with Crippen molar-refractivity contribution in [2.24, 2.45) is 5.41 Å². The lowest BCUT2D eigenvalue weighted by molar-refractivity contribution is 0.0718. The summed E-state index contributed by atoms with van der Waals surface area (Å²) in [6, 6.07) is 1.68. The van der Waals surface area contributed by atoms with Gasteiger partial charge in [-0.2, -0.15) is 0 Å². The first-order chi connectivity index (χ1) is 7.61.